The predicted octanol–water partition coefficient (Wildman–Crippen LogP) is -1.56. The average Bonchev–Trinajstić information content (AvgIpc) is 2.66. The molecule has 2 amide bonds. The van der Waals surface area contributed by atoms with Crippen molar-refractivity contribution in [1.82, 2.24) is 10.6 Å². The van der Waals surface area contributed by atoms with E-state index in [1.54, 1.807) is 12.1 Å². The summed E-state index contributed by atoms with van der Waals surface area (Å²) in [4.78, 5) is 35.7. The van der Waals surface area contributed by atoms with Gasteiger partial charge in [0, 0.05) is 0 Å². The van der Waals surface area contributed by atoms with Crippen LogP contribution < -0.4 is 22.1 Å². The van der Waals surface area contributed by atoms with Crippen LogP contribution in [0.4, 0.5) is 0 Å². The molecule has 3 atom stereocenters. The lowest BCUT2D eigenvalue weighted by molar-refractivity contribution is -0.142. The minimum Gasteiger partial charge on any atom is -0.508 e. The first-order valence-electron chi connectivity index (χ1n) is 8.96. The van der Waals surface area contributed by atoms with Crippen molar-refractivity contribution >= 4 is 17.8 Å². The van der Waals surface area contributed by atoms with Crippen LogP contribution in [0.3, 0.4) is 0 Å². The number of hydrogen-bond acceptors (Lipinski definition) is 7. The maximum absolute atomic E-state index is 12.2. The number of carbonyl (C=O) groups is 3. The number of amides is 2. The van der Waals surface area contributed by atoms with E-state index in [-0.39, 0.29) is 18.6 Å². The van der Waals surface area contributed by atoms with Crippen molar-refractivity contribution < 1.29 is 29.7 Å². The summed E-state index contributed by atoms with van der Waals surface area (Å²) in [6.07, 6.45) is 1.47. The fraction of sp³-hybridized carbons (Fsp3) is 0.500. The Kier molecular flexibility index (Phi) is 9.93. The number of phenols is 1. The fourth-order valence-electron chi connectivity index (χ4n) is 2.47. The van der Waals surface area contributed by atoms with Gasteiger partial charge in [-0.25, -0.2) is 4.79 Å². The topological polar surface area (TPSA) is 188 Å². The lowest BCUT2D eigenvalue weighted by Gasteiger charge is -2.21. The van der Waals surface area contributed by atoms with Crippen LogP contribution in [-0.2, 0) is 20.8 Å². The van der Waals surface area contributed by atoms with Gasteiger partial charge in [-0.1, -0.05) is 12.1 Å². The van der Waals surface area contributed by atoms with Crippen LogP contribution in [0.5, 0.6) is 5.75 Å². The quantitative estimate of drug-likeness (QED) is 0.206. The second kappa shape index (κ2) is 11.9. The molecule has 0 fully saturated rings. The number of carboxylic acid groups (broad SMARTS) is 1. The van der Waals surface area contributed by atoms with Crippen LogP contribution in [0.1, 0.15) is 24.8 Å². The second-order valence-corrected chi connectivity index (χ2v) is 6.40. The molecule has 0 radical (unpaired) electrons. The van der Waals surface area contributed by atoms with Crippen LogP contribution in [0.15, 0.2) is 24.3 Å². The Morgan fingerprint density at radius 1 is 1.00 bits per heavy atom. The number of aromatic hydroxyl groups is 1. The lowest BCUT2D eigenvalue weighted by atomic mass is 10.1. The van der Waals surface area contributed by atoms with Crippen molar-refractivity contribution in [3.63, 3.8) is 0 Å². The van der Waals surface area contributed by atoms with Crippen LogP contribution in [0, 0.1) is 0 Å². The van der Waals surface area contributed by atoms with Gasteiger partial charge < -0.3 is 37.4 Å². The van der Waals surface area contributed by atoms with Gasteiger partial charge in [0.15, 0.2) is 0 Å². The maximum atomic E-state index is 12.2. The Hall–Kier alpha value is -2.69. The third-order valence-electron chi connectivity index (χ3n) is 4.11. The molecule has 0 aliphatic rings. The first-order valence-corrected chi connectivity index (χ1v) is 8.96. The molecule has 1 rings (SSSR count). The molecule has 28 heavy (non-hydrogen) atoms. The van der Waals surface area contributed by atoms with Crippen LogP contribution in [0.2, 0.25) is 0 Å². The molecular formula is C18H28N4O6. The van der Waals surface area contributed by atoms with E-state index in [9.17, 15) is 29.7 Å². The van der Waals surface area contributed by atoms with E-state index < -0.39 is 42.5 Å². The van der Waals surface area contributed by atoms with Crippen molar-refractivity contribution in [2.24, 2.45) is 11.5 Å². The third-order valence-corrected chi connectivity index (χ3v) is 4.11. The van der Waals surface area contributed by atoms with Gasteiger partial charge in [-0.3, -0.25) is 9.59 Å². The Morgan fingerprint density at radius 2 is 1.61 bits per heavy atom. The minimum absolute atomic E-state index is 0.0817. The highest BCUT2D eigenvalue weighted by atomic mass is 16.4. The average molecular weight is 396 g/mol. The molecule has 0 saturated heterocycles. The number of carbonyl (C=O) groups excluding carboxylic acids is 2. The number of phenolic OH excluding ortho intramolecular Hbond substituents is 1. The van der Waals surface area contributed by atoms with Gasteiger partial charge >= 0.3 is 5.97 Å². The Bertz CT molecular complexity index is 652. The number of aliphatic hydroxyl groups excluding tert-OH is 1. The summed E-state index contributed by atoms with van der Waals surface area (Å²) in [5, 5.41) is 32.5. The zero-order valence-corrected chi connectivity index (χ0v) is 15.5. The normalized spacial score (nSPS) is 14.0. The van der Waals surface area contributed by atoms with Crippen molar-refractivity contribution in [3.05, 3.63) is 29.8 Å². The number of rotatable bonds is 12. The summed E-state index contributed by atoms with van der Waals surface area (Å²) in [7, 11) is 0. The smallest absolute Gasteiger partial charge is 0.326 e. The zero-order chi connectivity index (χ0) is 21.1. The number of carboxylic acids is 1. The van der Waals surface area contributed by atoms with Crippen molar-refractivity contribution in [3.8, 4) is 5.75 Å². The summed E-state index contributed by atoms with van der Waals surface area (Å²) >= 11 is 0. The molecule has 9 N–H and O–H groups in total. The van der Waals surface area contributed by atoms with Crippen molar-refractivity contribution in [2.75, 3.05) is 13.2 Å². The Balaban J connectivity index is 2.62. The van der Waals surface area contributed by atoms with Crippen molar-refractivity contribution in [2.45, 2.75) is 43.8 Å². The molecule has 0 saturated carbocycles. The maximum Gasteiger partial charge on any atom is 0.326 e. The van der Waals surface area contributed by atoms with Gasteiger partial charge in [0.25, 0.3) is 0 Å². The molecule has 1 aromatic carbocycles. The van der Waals surface area contributed by atoms with Gasteiger partial charge in [0.1, 0.15) is 17.8 Å². The first-order chi connectivity index (χ1) is 13.3. The number of hydrogen-bond donors (Lipinski definition) is 7. The molecule has 1 aromatic rings. The number of unbranched alkanes of at least 4 members (excludes halogenated alkanes) is 1. The summed E-state index contributed by atoms with van der Waals surface area (Å²) in [5.41, 5.74) is 11.9. The Labute approximate surface area is 162 Å². The number of aliphatic hydroxyl groups is 1. The van der Waals surface area contributed by atoms with E-state index in [0.717, 1.165) is 0 Å². The predicted molar refractivity (Wildman–Crippen MR) is 101 cm³/mol. The molecule has 0 aliphatic carbocycles. The molecule has 156 valence electrons. The Morgan fingerprint density at radius 3 is 2.14 bits per heavy atom. The molecule has 0 spiro atoms. The summed E-state index contributed by atoms with van der Waals surface area (Å²) in [5.74, 6) is -2.61. The van der Waals surface area contributed by atoms with E-state index in [4.69, 9.17) is 11.5 Å². The number of benzene rings is 1. The van der Waals surface area contributed by atoms with Crippen LogP contribution in [0.25, 0.3) is 0 Å². The number of nitrogens with two attached hydrogens (primary N) is 2. The lowest BCUT2D eigenvalue weighted by Crippen LogP contribution is -2.56. The molecule has 0 heterocycles. The van der Waals surface area contributed by atoms with Gasteiger partial charge in [-0.2, -0.15) is 0 Å². The molecule has 0 aliphatic heterocycles. The number of aliphatic carboxylic acids is 1. The van der Waals surface area contributed by atoms with E-state index >= 15 is 0 Å². The van der Waals surface area contributed by atoms with E-state index in [1.807, 2.05) is 0 Å². The standard InChI is InChI=1S/C18H28N4O6/c19-8-2-1-3-14(18(27)28)21-17(26)15(10-23)22-16(25)13(20)9-11-4-6-12(24)7-5-11/h4-7,13-15,23-24H,1-3,8-10,19-20H2,(H,21,26)(H,22,25)(H,27,28)/t13-,14-,15-/m0/s1. The highest BCUT2D eigenvalue weighted by molar-refractivity contribution is 5.91. The summed E-state index contributed by atoms with van der Waals surface area (Å²) in [6, 6.07) is 2.67. The second-order valence-electron chi connectivity index (χ2n) is 6.40. The molecule has 0 unspecified atom stereocenters. The fourth-order valence-corrected chi connectivity index (χ4v) is 2.47. The zero-order valence-electron chi connectivity index (χ0n) is 15.5. The monoisotopic (exact) mass is 396 g/mol. The molecule has 0 bridgehead atoms. The van der Waals surface area contributed by atoms with Gasteiger partial charge in [-0.05, 0) is 49.9 Å². The summed E-state index contributed by atoms with van der Waals surface area (Å²) < 4.78 is 0. The van der Waals surface area contributed by atoms with E-state index in [2.05, 4.69) is 10.6 Å². The van der Waals surface area contributed by atoms with Crippen LogP contribution >= 0.6 is 0 Å². The third kappa shape index (κ3) is 7.91. The molecule has 0 aromatic heterocycles. The highest BCUT2D eigenvalue weighted by Gasteiger charge is 2.27. The number of nitrogens with one attached hydrogen (secondary N) is 2. The van der Waals surface area contributed by atoms with Gasteiger partial charge in [0.05, 0.1) is 12.6 Å². The SMILES string of the molecule is NCCCC[C@H](NC(=O)[C@H](CO)NC(=O)[C@@H](N)Cc1ccc(O)cc1)C(=O)O. The first kappa shape index (κ1) is 23.3. The largest absolute Gasteiger partial charge is 0.508 e. The molecular weight excluding hydrogens is 368 g/mol. The minimum atomic E-state index is -1.32. The molecule has 10 nitrogen and oxygen atoms in total. The van der Waals surface area contributed by atoms with Crippen molar-refractivity contribution in [1.29, 1.82) is 0 Å². The van der Waals surface area contributed by atoms with Crippen LogP contribution in [-0.4, -0.2) is 64.4 Å². The summed E-state index contributed by atoms with van der Waals surface area (Å²) in [6.45, 7) is -0.298. The van der Waals surface area contributed by atoms with E-state index in [1.165, 1.54) is 12.1 Å². The molecule has 10 heteroatoms. The highest BCUT2D eigenvalue weighted by Crippen LogP contribution is 2.11. The van der Waals surface area contributed by atoms with Gasteiger partial charge in [0.2, 0.25) is 11.8 Å². The van der Waals surface area contributed by atoms with Gasteiger partial charge in [-0.15, -0.1) is 0 Å². The van der Waals surface area contributed by atoms with E-state index in [0.29, 0.717) is 24.9 Å².